The Hall–Kier alpha value is -2.99. The zero-order chi connectivity index (χ0) is 20.8. The molecule has 7 heteroatoms. The van der Waals surface area contributed by atoms with Crippen LogP contribution in [0.3, 0.4) is 0 Å². The molecule has 6 nitrogen and oxygen atoms in total. The van der Waals surface area contributed by atoms with E-state index < -0.39 is 6.04 Å². The van der Waals surface area contributed by atoms with Crippen LogP contribution in [0.4, 0.5) is 0 Å². The lowest BCUT2D eigenvalue weighted by molar-refractivity contribution is -0.135. The molecule has 3 rings (SSSR count). The first-order chi connectivity index (χ1) is 13.9. The minimum Gasteiger partial charge on any atom is -0.492 e. The molecule has 152 valence electrons. The van der Waals surface area contributed by atoms with Gasteiger partial charge in [0.2, 0.25) is 11.8 Å². The number of fused-ring (bicyclic) bond motifs is 1. The maximum atomic E-state index is 13.0. The number of aromatic amines is 1. The van der Waals surface area contributed by atoms with Gasteiger partial charge in [-0.2, -0.15) is 0 Å². The van der Waals surface area contributed by atoms with E-state index in [0.29, 0.717) is 30.3 Å². The van der Waals surface area contributed by atoms with Gasteiger partial charge < -0.3 is 19.9 Å². The Morgan fingerprint density at radius 3 is 2.62 bits per heavy atom. The molecule has 0 saturated carbocycles. The summed E-state index contributed by atoms with van der Waals surface area (Å²) in [6.07, 6.45) is 2.29. The third kappa shape index (κ3) is 5.51. The average Bonchev–Trinajstić information content (AvgIpc) is 3.11. The summed E-state index contributed by atoms with van der Waals surface area (Å²) in [5.74, 6) is 0.284. The highest BCUT2D eigenvalue weighted by Gasteiger charge is 2.24. The number of nitrogens with zero attached hydrogens (tertiary/aromatic N) is 1. The van der Waals surface area contributed by atoms with Gasteiger partial charge in [0.05, 0.1) is 6.54 Å². The molecule has 2 amide bonds. The van der Waals surface area contributed by atoms with Gasteiger partial charge >= 0.3 is 0 Å². The van der Waals surface area contributed by atoms with Crippen LogP contribution in [-0.2, 0) is 16.0 Å². The molecule has 0 spiro atoms. The summed E-state index contributed by atoms with van der Waals surface area (Å²) in [5, 5.41) is 4.46. The van der Waals surface area contributed by atoms with E-state index in [1.165, 1.54) is 6.92 Å². The summed E-state index contributed by atoms with van der Waals surface area (Å²) in [5.41, 5.74) is 1.99. The zero-order valence-corrected chi connectivity index (χ0v) is 17.2. The summed E-state index contributed by atoms with van der Waals surface area (Å²) in [7, 11) is 1.71. The fourth-order valence-corrected chi connectivity index (χ4v) is 3.30. The quantitative estimate of drug-likeness (QED) is 0.594. The predicted molar refractivity (Wildman–Crippen MR) is 114 cm³/mol. The molecule has 29 heavy (non-hydrogen) atoms. The number of hydrogen-bond donors (Lipinski definition) is 2. The number of nitrogens with one attached hydrogen (secondary N) is 2. The monoisotopic (exact) mass is 413 g/mol. The molecule has 0 aliphatic rings. The number of ether oxygens (including phenoxy) is 1. The van der Waals surface area contributed by atoms with Crippen LogP contribution in [-0.4, -0.2) is 47.9 Å². The molecule has 2 N–H and O–H groups in total. The van der Waals surface area contributed by atoms with E-state index in [2.05, 4.69) is 10.3 Å². The molecule has 0 radical (unpaired) electrons. The van der Waals surface area contributed by atoms with Crippen LogP contribution in [0.25, 0.3) is 10.9 Å². The molecule has 2 aromatic carbocycles. The van der Waals surface area contributed by atoms with E-state index in [4.69, 9.17) is 16.3 Å². The minimum absolute atomic E-state index is 0.162. The standard InChI is InChI=1S/C22H24ClN3O3/c1-15(27)25-21(13-16-14-24-20-6-4-3-5-19(16)20)22(28)26(2)11-12-29-18-9-7-17(23)8-10-18/h3-10,14,21,24H,11-13H2,1-2H3,(H,25,27). The first-order valence-electron chi connectivity index (χ1n) is 9.39. The molecule has 0 aliphatic heterocycles. The van der Waals surface area contributed by atoms with Crippen LogP contribution < -0.4 is 10.1 Å². The zero-order valence-electron chi connectivity index (χ0n) is 16.4. The van der Waals surface area contributed by atoms with E-state index >= 15 is 0 Å². The SMILES string of the molecule is CC(=O)NC(Cc1c[nH]c2ccccc12)C(=O)N(C)CCOc1ccc(Cl)cc1. The molecule has 0 saturated heterocycles. The summed E-state index contributed by atoms with van der Waals surface area (Å²) >= 11 is 5.86. The number of hydrogen-bond acceptors (Lipinski definition) is 3. The van der Waals surface area contributed by atoms with E-state index in [0.717, 1.165) is 16.5 Å². The highest BCUT2D eigenvalue weighted by Crippen LogP contribution is 2.20. The van der Waals surface area contributed by atoms with Crippen LogP contribution in [0.2, 0.25) is 5.02 Å². The van der Waals surface area contributed by atoms with Crippen molar-refractivity contribution in [3.05, 3.63) is 65.3 Å². The van der Waals surface area contributed by atoms with Crippen LogP contribution in [0.5, 0.6) is 5.75 Å². The molecular weight excluding hydrogens is 390 g/mol. The highest BCUT2D eigenvalue weighted by molar-refractivity contribution is 6.30. The van der Waals surface area contributed by atoms with Gasteiger partial charge in [0.15, 0.2) is 0 Å². The van der Waals surface area contributed by atoms with Crippen molar-refractivity contribution in [3.63, 3.8) is 0 Å². The fourth-order valence-electron chi connectivity index (χ4n) is 3.17. The molecule has 0 aliphatic carbocycles. The van der Waals surface area contributed by atoms with E-state index in [-0.39, 0.29) is 11.8 Å². The molecule has 3 aromatic rings. The molecule has 0 fully saturated rings. The average molecular weight is 414 g/mol. The first kappa shape index (κ1) is 20.7. The van der Waals surface area contributed by atoms with E-state index in [9.17, 15) is 9.59 Å². The smallest absolute Gasteiger partial charge is 0.245 e. The van der Waals surface area contributed by atoms with Gasteiger partial charge in [-0.3, -0.25) is 9.59 Å². The van der Waals surface area contributed by atoms with Crippen molar-refractivity contribution in [3.8, 4) is 5.75 Å². The lowest BCUT2D eigenvalue weighted by atomic mass is 10.0. The van der Waals surface area contributed by atoms with Crippen molar-refractivity contribution in [2.45, 2.75) is 19.4 Å². The molecule has 0 bridgehead atoms. The van der Waals surface area contributed by atoms with Crippen molar-refractivity contribution in [1.82, 2.24) is 15.2 Å². The van der Waals surface area contributed by atoms with Crippen molar-refractivity contribution in [1.29, 1.82) is 0 Å². The van der Waals surface area contributed by atoms with Gasteiger partial charge in [0, 0.05) is 42.5 Å². The Kier molecular flexibility index (Phi) is 6.77. The second-order valence-corrected chi connectivity index (χ2v) is 7.32. The third-order valence-electron chi connectivity index (χ3n) is 4.66. The van der Waals surface area contributed by atoms with Crippen molar-refractivity contribution in [2.24, 2.45) is 0 Å². The number of benzene rings is 2. The van der Waals surface area contributed by atoms with Gasteiger partial charge in [-0.15, -0.1) is 0 Å². The number of para-hydroxylation sites is 1. The largest absolute Gasteiger partial charge is 0.492 e. The Balaban J connectivity index is 1.63. The number of halogens is 1. The number of carbonyl (C=O) groups is 2. The van der Waals surface area contributed by atoms with Crippen molar-refractivity contribution in [2.75, 3.05) is 20.2 Å². The maximum Gasteiger partial charge on any atom is 0.245 e. The normalized spacial score (nSPS) is 11.8. The molecule has 1 aromatic heterocycles. The molecule has 1 heterocycles. The number of aromatic nitrogens is 1. The van der Waals surface area contributed by atoms with Crippen LogP contribution in [0, 0.1) is 0 Å². The Bertz CT molecular complexity index is 984. The van der Waals surface area contributed by atoms with E-state index in [1.54, 1.807) is 36.2 Å². The van der Waals surface area contributed by atoms with Gasteiger partial charge in [0.25, 0.3) is 0 Å². The van der Waals surface area contributed by atoms with Crippen LogP contribution in [0.15, 0.2) is 54.7 Å². The second kappa shape index (κ2) is 9.47. The maximum absolute atomic E-state index is 13.0. The Morgan fingerprint density at radius 1 is 1.17 bits per heavy atom. The van der Waals surface area contributed by atoms with Crippen molar-refractivity contribution >= 4 is 34.3 Å². The summed E-state index contributed by atoms with van der Waals surface area (Å²) < 4.78 is 5.66. The summed E-state index contributed by atoms with van der Waals surface area (Å²) in [6.45, 7) is 2.15. The number of H-pyrrole nitrogens is 1. The van der Waals surface area contributed by atoms with Gasteiger partial charge in [-0.25, -0.2) is 0 Å². The third-order valence-corrected chi connectivity index (χ3v) is 4.91. The fraction of sp³-hybridized carbons (Fsp3) is 0.273. The Morgan fingerprint density at radius 2 is 1.90 bits per heavy atom. The number of amides is 2. The molecule has 1 unspecified atom stereocenters. The van der Waals surface area contributed by atoms with E-state index in [1.807, 2.05) is 30.5 Å². The van der Waals surface area contributed by atoms with Crippen LogP contribution >= 0.6 is 11.6 Å². The Labute approximate surface area is 174 Å². The topological polar surface area (TPSA) is 74.4 Å². The lowest BCUT2D eigenvalue weighted by Crippen LogP contribution is -2.48. The number of rotatable bonds is 8. The molecular formula is C22H24ClN3O3. The second-order valence-electron chi connectivity index (χ2n) is 6.88. The highest BCUT2D eigenvalue weighted by atomic mass is 35.5. The summed E-state index contributed by atoms with van der Waals surface area (Å²) in [4.78, 5) is 29.4. The lowest BCUT2D eigenvalue weighted by Gasteiger charge is -2.24. The minimum atomic E-state index is -0.646. The summed E-state index contributed by atoms with van der Waals surface area (Å²) in [6, 6.07) is 14.3. The van der Waals surface area contributed by atoms with Gasteiger partial charge in [-0.05, 0) is 35.9 Å². The predicted octanol–water partition coefficient (Wildman–Crippen LogP) is 3.41. The van der Waals surface area contributed by atoms with Gasteiger partial charge in [-0.1, -0.05) is 29.8 Å². The van der Waals surface area contributed by atoms with Crippen molar-refractivity contribution < 1.29 is 14.3 Å². The van der Waals surface area contributed by atoms with Crippen LogP contribution in [0.1, 0.15) is 12.5 Å². The molecule has 1 atom stereocenters. The first-order valence-corrected chi connectivity index (χ1v) is 9.77. The number of likely N-dealkylation sites (N-methyl/N-ethyl adjacent to an activating group) is 1. The van der Waals surface area contributed by atoms with Gasteiger partial charge in [0.1, 0.15) is 18.4 Å². The number of carbonyl (C=O) groups excluding carboxylic acids is 2.